The SMILES string of the molecule is COc1ccc(CNC(=O)c2cc(NC(=O)c3ccccc3)n(C)n2)cc1OC. The van der Waals surface area contributed by atoms with Gasteiger partial charge in [0.05, 0.1) is 14.2 Å². The topological polar surface area (TPSA) is 94.5 Å². The third kappa shape index (κ3) is 4.73. The summed E-state index contributed by atoms with van der Waals surface area (Å²) in [6, 6.07) is 15.8. The molecule has 0 unspecified atom stereocenters. The van der Waals surface area contributed by atoms with Crippen molar-refractivity contribution in [2.75, 3.05) is 19.5 Å². The van der Waals surface area contributed by atoms with Gasteiger partial charge in [0, 0.05) is 25.2 Å². The molecule has 2 aromatic carbocycles. The van der Waals surface area contributed by atoms with Gasteiger partial charge < -0.3 is 20.1 Å². The van der Waals surface area contributed by atoms with Gasteiger partial charge in [-0.05, 0) is 29.8 Å². The summed E-state index contributed by atoms with van der Waals surface area (Å²) in [7, 11) is 4.78. The van der Waals surface area contributed by atoms with Gasteiger partial charge in [0.15, 0.2) is 17.2 Å². The predicted octanol–water partition coefficient (Wildman–Crippen LogP) is 2.62. The number of hydrogen-bond acceptors (Lipinski definition) is 5. The van der Waals surface area contributed by atoms with Crippen LogP contribution in [0, 0.1) is 0 Å². The maximum atomic E-state index is 12.5. The van der Waals surface area contributed by atoms with Gasteiger partial charge in [-0.3, -0.25) is 14.3 Å². The summed E-state index contributed by atoms with van der Waals surface area (Å²) in [6.45, 7) is 0.293. The molecule has 0 atom stereocenters. The van der Waals surface area contributed by atoms with Crippen LogP contribution in [0.2, 0.25) is 0 Å². The zero-order valence-corrected chi connectivity index (χ0v) is 16.4. The third-order valence-electron chi connectivity index (χ3n) is 4.29. The van der Waals surface area contributed by atoms with Crippen LogP contribution < -0.4 is 20.1 Å². The Bertz CT molecular complexity index is 1010. The average Bonchev–Trinajstić information content (AvgIpc) is 3.12. The highest BCUT2D eigenvalue weighted by Gasteiger charge is 2.15. The molecule has 0 radical (unpaired) electrons. The van der Waals surface area contributed by atoms with E-state index >= 15 is 0 Å². The fourth-order valence-corrected chi connectivity index (χ4v) is 2.74. The number of carbonyl (C=O) groups excluding carboxylic acids is 2. The first-order chi connectivity index (χ1) is 14.0. The Morgan fingerprint density at radius 3 is 2.38 bits per heavy atom. The molecule has 29 heavy (non-hydrogen) atoms. The molecule has 0 saturated heterocycles. The lowest BCUT2D eigenvalue weighted by atomic mass is 10.2. The number of aromatic nitrogens is 2. The largest absolute Gasteiger partial charge is 0.493 e. The number of methoxy groups -OCH3 is 2. The molecule has 1 aromatic heterocycles. The smallest absolute Gasteiger partial charge is 0.272 e. The van der Waals surface area contributed by atoms with E-state index in [0.29, 0.717) is 29.4 Å². The van der Waals surface area contributed by atoms with Crippen LogP contribution in [-0.4, -0.2) is 35.8 Å². The third-order valence-corrected chi connectivity index (χ3v) is 4.29. The van der Waals surface area contributed by atoms with Gasteiger partial charge in [0.25, 0.3) is 11.8 Å². The van der Waals surface area contributed by atoms with Crippen LogP contribution in [-0.2, 0) is 13.6 Å². The summed E-state index contributed by atoms with van der Waals surface area (Å²) in [6.07, 6.45) is 0. The van der Waals surface area contributed by atoms with Crippen molar-refractivity contribution < 1.29 is 19.1 Å². The maximum Gasteiger partial charge on any atom is 0.272 e. The summed E-state index contributed by atoms with van der Waals surface area (Å²) < 4.78 is 11.9. The van der Waals surface area contributed by atoms with E-state index in [1.54, 1.807) is 57.7 Å². The first kappa shape index (κ1) is 19.9. The molecule has 2 amide bonds. The molecular weight excluding hydrogens is 372 g/mol. The van der Waals surface area contributed by atoms with Gasteiger partial charge in [0.2, 0.25) is 0 Å². The average molecular weight is 394 g/mol. The van der Waals surface area contributed by atoms with Crippen LogP contribution in [0.5, 0.6) is 11.5 Å². The van der Waals surface area contributed by atoms with Gasteiger partial charge in [-0.2, -0.15) is 5.10 Å². The molecule has 0 aliphatic heterocycles. The maximum absolute atomic E-state index is 12.5. The van der Waals surface area contributed by atoms with Crippen LogP contribution >= 0.6 is 0 Å². The van der Waals surface area contributed by atoms with E-state index in [2.05, 4.69) is 15.7 Å². The van der Waals surface area contributed by atoms with Crippen molar-refractivity contribution in [1.29, 1.82) is 0 Å². The van der Waals surface area contributed by atoms with Crippen molar-refractivity contribution >= 4 is 17.6 Å². The van der Waals surface area contributed by atoms with Crippen LogP contribution in [0.1, 0.15) is 26.4 Å². The van der Waals surface area contributed by atoms with Gasteiger partial charge in [-0.25, -0.2) is 0 Å². The van der Waals surface area contributed by atoms with Gasteiger partial charge >= 0.3 is 0 Å². The van der Waals surface area contributed by atoms with E-state index in [1.807, 2.05) is 12.1 Å². The lowest BCUT2D eigenvalue weighted by Gasteiger charge is -2.10. The van der Waals surface area contributed by atoms with E-state index in [9.17, 15) is 9.59 Å². The molecule has 3 rings (SSSR count). The minimum Gasteiger partial charge on any atom is -0.493 e. The standard InChI is InChI=1S/C21H22N4O4/c1-25-19(23-20(26)15-7-5-4-6-8-15)12-16(24-25)21(27)22-13-14-9-10-17(28-2)18(11-14)29-3/h4-12H,13H2,1-3H3,(H,22,27)(H,23,26). The zero-order chi connectivity index (χ0) is 20.8. The second kappa shape index (κ2) is 8.92. The summed E-state index contributed by atoms with van der Waals surface area (Å²) >= 11 is 0. The van der Waals surface area contributed by atoms with Crippen molar-refractivity contribution in [2.45, 2.75) is 6.54 Å². The van der Waals surface area contributed by atoms with Gasteiger partial charge in [0.1, 0.15) is 5.82 Å². The van der Waals surface area contributed by atoms with Crippen LogP contribution in [0.15, 0.2) is 54.6 Å². The number of benzene rings is 2. The Balaban J connectivity index is 1.65. The Hall–Kier alpha value is -3.81. The molecule has 8 nitrogen and oxygen atoms in total. The summed E-state index contributed by atoms with van der Waals surface area (Å²) in [4.78, 5) is 24.8. The van der Waals surface area contributed by atoms with Crippen LogP contribution in [0.25, 0.3) is 0 Å². The molecule has 0 bridgehead atoms. The van der Waals surface area contributed by atoms with Crippen molar-refractivity contribution in [3.63, 3.8) is 0 Å². The summed E-state index contributed by atoms with van der Waals surface area (Å²) in [5, 5.41) is 9.74. The number of carbonyl (C=O) groups is 2. The quantitative estimate of drug-likeness (QED) is 0.642. The molecule has 150 valence electrons. The minimum atomic E-state index is -0.351. The number of rotatable bonds is 7. The van der Waals surface area contributed by atoms with Crippen LogP contribution in [0.4, 0.5) is 5.82 Å². The fraction of sp³-hybridized carbons (Fsp3) is 0.190. The lowest BCUT2D eigenvalue weighted by Crippen LogP contribution is -2.23. The molecular formula is C21H22N4O4. The lowest BCUT2D eigenvalue weighted by molar-refractivity contribution is 0.0944. The number of anilines is 1. The molecule has 1 heterocycles. The Morgan fingerprint density at radius 1 is 0.966 bits per heavy atom. The summed E-state index contributed by atoms with van der Waals surface area (Å²) in [5.74, 6) is 1.01. The van der Waals surface area contributed by atoms with E-state index in [-0.39, 0.29) is 17.5 Å². The predicted molar refractivity (Wildman–Crippen MR) is 108 cm³/mol. The molecule has 2 N–H and O–H groups in total. The highest BCUT2D eigenvalue weighted by Crippen LogP contribution is 2.27. The number of amides is 2. The first-order valence-corrected chi connectivity index (χ1v) is 8.91. The van der Waals surface area contributed by atoms with Crippen molar-refractivity contribution in [2.24, 2.45) is 7.05 Å². The molecule has 0 spiro atoms. The van der Waals surface area contributed by atoms with E-state index in [1.165, 1.54) is 10.7 Å². The van der Waals surface area contributed by atoms with Gasteiger partial charge in [-0.1, -0.05) is 24.3 Å². The fourth-order valence-electron chi connectivity index (χ4n) is 2.74. The molecule has 3 aromatic rings. The molecule has 0 saturated carbocycles. The van der Waals surface area contributed by atoms with Crippen LogP contribution in [0.3, 0.4) is 0 Å². The second-order valence-electron chi connectivity index (χ2n) is 6.23. The molecule has 0 fully saturated rings. The number of nitrogens with one attached hydrogen (secondary N) is 2. The number of nitrogens with zero attached hydrogens (tertiary/aromatic N) is 2. The Labute approximate surface area is 168 Å². The number of ether oxygens (including phenoxy) is 2. The first-order valence-electron chi connectivity index (χ1n) is 8.91. The van der Waals surface area contributed by atoms with E-state index in [0.717, 1.165) is 5.56 Å². The monoisotopic (exact) mass is 394 g/mol. The number of hydrogen-bond donors (Lipinski definition) is 2. The number of aryl methyl sites for hydroxylation is 1. The van der Waals surface area contributed by atoms with E-state index in [4.69, 9.17) is 9.47 Å². The normalized spacial score (nSPS) is 10.3. The Kier molecular flexibility index (Phi) is 6.13. The highest BCUT2D eigenvalue weighted by atomic mass is 16.5. The van der Waals surface area contributed by atoms with E-state index < -0.39 is 0 Å². The Morgan fingerprint density at radius 2 is 1.69 bits per heavy atom. The second-order valence-corrected chi connectivity index (χ2v) is 6.23. The summed E-state index contributed by atoms with van der Waals surface area (Å²) in [5.41, 5.74) is 1.58. The van der Waals surface area contributed by atoms with Gasteiger partial charge in [-0.15, -0.1) is 0 Å². The molecule has 0 aliphatic carbocycles. The van der Waals surface area contributed by atoms with Crippen molar-refractivity contribution in [3.8, 4) is 11.5 Å². The molecule has 0 aliphatic rings. The molecule has 8 heteroatoms. The highest BCUT2D eigenvalue weighted by molar-refractivity contribution is 6.04. The van der Waals surface area contributed by atoms with Crippen molar-refractivity contribution in [3.05, 3.63) is 71.4 Å². The van der Waals surface area contributed by atoms with Crippen molar-refractivity contribution in [1.82, 2.24) is 15.1 Å². The minimum absolute atomic E-state index is 0.205. The zero-order valence-electron chi connectivity index (χ0n) is 16.4.